The predicted molar refractivity (Wildman–Crippen MR) is 77.8 cm³/mol. The molecule has 0 amide bonds. The van der Waals surface area contributed by atoms with E-state index in [1.807, 2.05) is 4.90 Å². The van der Waals surface area contributed by atoms with Crippen molar-refractivity contribution in [3.63, 3.8) is 0 Å². The second kappa shape index (κ2) is 6.24. The van der Waals surface area contributed by atoms with Crippen LogP contribution in [-0.2, 0) is 20.3 Å². The minimum atomic E-state index is -3.15. The Morgan fingerprint density at radius 1 is 1.50 bits per heavy atom. The highest BCUT2D eigenvalue weighted by molar-refractivity contribution is 7.89. The fourth-order valence-corrected chi connectivity index (χ4v) is 3.07. The van der Waals surface area contributed by atoms with E-state index >= 15 is 0 Å². The summed E-state index contributed by atoms with van der Waals surface area (Å²) in [7, 11) is -3.15. The Morgan fingerprint density at radius 2 is 2.25 bits per heavy atom. The molecular formula is C12H18ClN3O3S. The molecule has 1 aliphatic heterocycles. The average molecular weight is 320 g/mol. The molecule has 1 aromatic rings. The first-order valence-corrected chi connectivity index (χ1v) is 8.88. The van der Waals surface area contributed by atoms with Crippen molar-refractivity contribution < 1.29 is 13.2 Å². The van der Waals surface area contributed by atoms with Gasteiger partial charge in [0.05, 0.1) is 30.7 Å². The summed E-state index contributed by atoms with van der Waals surface area (Å²) in [5.74, 6) is 0.343. The van der Waals surface area contributed by atoms with Crippen LogP contribution in [0.1, 0.15) is 19.0 Å². The first kappa shape index (κ1) is 15.5. The first-order chi connectivity index (χ1) is 9.39. The summed E-state index contributed by atoms with van der Waals surface area (Å²) in [4.78, 5) is 10.6. The molecular weight excluding hydrogens is 302 g/mol. The van der Waals surface area contributed by atoms with E-state index in [2.05, 4.69) is 16.9 Å². The van der Waals surface area contributed by atoms with E-state index < -0.39 is 9.84 Å². The maximum Gasteiger partial charge on any atom is 0.227 e. The largest absolute Gasteiger partial charge is 0.377 e. The van der Waals surface area contributed by atoms with Crippen molar-refractivity contribution >= 4 is 27.4 Å². The van der Waals surface area contributed by atoms with Gasteiger partial charge in [-0.2, -0.15) is 0 Å². The third kappa shape index (κ3) is 4.04. The van der Waals surface area contributed by atoms with Gasteiger partial charge in [0, 0.05) is 12.8 Å². The Morgan fingerprint density at radius 3 is 2.90 bits per heavy atom. The maximum absolute atomic E-state index is 11.4. The number of halogens is 1. The SMILES string of the molecule is CCC1COCCN1c1nc(Cl)cc(CS(C)(=O)=O)n1. The van der Waals surface area contributed by atoms with E-state index in [4.69, 9.17) is 16.3 Å². The van der Waals surface area contributed by atoms with E-state index in [0.29, 0.717) is 31.4 Å². The number of nitrogens with zero attached hydrogens (tertiary/aromatic N) is 3. The average Bonchev–Trinajstić information content (AvgIpc) is 2.36. The molecule has 1 saturated heterocycles. The number of aromatic nitrogens is 2. The fraction of sp³-hybridized carbons (Fsp3) is 0.667. The minimum absolute atomic E-state index is 0.136. The quantitative estimate of drug-likeness (QED) is 0.779. The van der Waals surface area contributed by atoms with Gasteiger partial charge < -0.3 is 9.64 Å². The second-order valence-corrected chi connectivity index (χ2v) is 7.41. The van der Waals surface area contributed by atoms with E-state index in [1.165, 1.54) is 12.3 Å². The highest BCUT2D eigenvalue weighted by atomic mass is 35.5. The molecule has 0 saturated carbocycles. The maximum atomic E-state index is 11.4. The summed E-state index contributed by atoms with van der Waals surface area (Å²) in [5, 5.41) is 0.259. The molecule has 1 unspecified atom stereocenters. The summed E-state index contributed by atoms with van der Waals surface area (Å²) in [6.45, 7) is 3.97. The highest BCUT2D eigenvalue weighted by Gasteiger charge is 2.24. The third-order valence-electron chi connectivity index (χ3n) is 3.10. The van der Waals surface area contributed by atoms with Gasteiger partial charge in [0.2, 0.25) is 5.95 Å². The van der Waals surface area contributed by atoms with Crippen LogP contribution >= 0.6 is 11.6 Å². The number of morpholine rings is 1. The molecule has 0 aliphatic carbocycles. The Labute approximate surface area is 124 Å². The molecule has 112 valence electrons. The molecule has 1 fully saturated rings. The van der Waals surface area contributed by atoms with Gasteiger partial charge in [-0.1, -0.05) is 18.5 Å². The van der Waals surface area contributed by atoms with Gasteiger partial charge in [-0.3, -0.25) is 0 Å². The summed E-state index contributed by atoms with van der Waals surface area (Å²) < 4.78 is 28.2. The summed E-state index contributed by atoms with van der Waals surface area (Å²) in [5.41, 5.74) is 0.420. The number of anilines is 1. The summed E-state index contributed by atoms with van der Waals surface area (Å²) >= 11 is 5.99. The molecule has 2 rings (SSSR count). The molecule has 0 radical (unpaired) electrons. The van der Waals surface area contributed by atoms with Crippen molar-refractivity contribution in [2.75, 3.05) is 30.9 Å². The van der Waals surface area contributed by atoms with Crippen LogP contribution in [0.15, 0.2) is 6.07 Å². The number of rotatable bonds is 4. The lowest BCUT2D eigenvalue weighted by atomic mass is 10.2. The van der Waals surface area contributed by atoms with Gasteiger partial charge in [-0.25, -0.2) is 18.4 Å². The van der Waals surface area contributed by atoms with E-state index in [0.717, 1.165) is 6.42 Å². The predicted octanol–water partition coefficient (Wildman–Crippen LogP) is 1.29. The zero-order chi connectivity index (χ0) is 14.8. The van der Waals surface area contributed by atoms with E-state index in [1.54, 1.807) is 0 Å². The zero-order valence-electron chi connectivity index (χ0n) is 11.5. The van der Waals surface area contributed by atoms with Crippen molar-refractivity contribution in [1.29, 1.82) is 0 Å². The number of hydrogen-bond acceptors (Lipinski definition) is 6. The van der Waals surface area contributed by atoms with Gasteiger partial charge in [0.1, 0.15) is 5.15 Å². The Bertz CT molecular complexity index is 579. The van der Waals surface area contributed by atoms with Crippen molar-refractivity contribution in [3.05, 3.63) is 16.9 Å². The smallest absolute Gasteiger partial charge is 0.227 e. The minimum Gasteiger partial charge on any atom is -0.377 e. The van der Waals surface area contributed by atoms with Gasteiger partial charge in [0.25, 0.3) is 0 Å². The molecule has 20 heavy (non-hydrogen) atoms. The Kier molecular flexibility index (Phi) is 4.82. The first-order valence-electron chi connectivity index (χ1n) is 6.44. The summed E-state index contributed by atoms with van der Waals surface area (Å²) in [6.07, 6.45) is 2.07. The molecule has 1 aliphatic rings. The van der Waals surface area contributed by atoms with E-state index in [9.17, 15) is 8.42 Å². The fourth-order valence-electron chi connectivity index (χ4n) is 2.18. The molecule has 0 bridgehead atoms. The normalized spacial score (nSPS) is 20.1. The van der Waals surface area contributed by atoms with Crippen molar-refractivity contribution in [3.8, 4) is 0 Å². The standard InChI is InChI=1S/C12H18ClN3O3S/c1-3-10-7-19-5-4-16(10)12-14-9(6-11(13)15-12)8-20(2,17)18/h6,10H,3-5,7-8H2,1-2H3. The van der Waals surface area contributed by atoms with Crippen LogP contribution in [0, 0.1) is 0 Å². The van der Waals surface area contributed by atoms with Gasteiger partial charge in [-0.05, 0) is 12.5 Å². The molecule has 8 heteroatoms. The molecule has 2 heterocycles. The second-order valence-electron chi connectivity index (χ2n) is 4.88. The summed E-state index contributed by atoms with van der Waals surface area (Å²) in [6, 6.07) is 1.68. The molecule has 0 spiro atoms. The Hall–Kier alpha value is -0.920. The number of sulfone groups is 1. The van der Waals surface area contributed by atoms with E-state index in [-0.39, 0.29) is 16.9 Å². The molecule has 1 aromatic heterocycles. The van der Waals surface area contributed by atoms with Crippen LogP contribution in [-0.4, -0.2) is 50.4 Å². The monoisotopic (exact) mass is 319 g/mol. The molecule has 1 atom stereocenters. The van der Waals surface area contributed by atoms with Crippen LogP contribution in [0.5, 0.6) is 0 Å². The lowest BCUT2D eigenvalue weighted by Gasteiger charge is -2.35. The van der Waals surface area contributed by atoms with Gasteiger partial charge >= 0.3 is 0 Å². The molecule has 6 nitrogen and oxygen atoms in total. The van der Waals surface area contributed by atoms with Crippen LogP contribution in [0.3, 0.4) is 0 Å². The lowest BCUT2D eigenvalue weighted by Crippen LogP contribution is -2.46. The van der Waals surface area contributed by atoms with Crippen LogP contribution in [0.2, 0.25) is 5.15 Å². The topological polar surface area (TPSA) is 72.4 Å². The number of hydrogen-bond donors (Lipinski definition) is 0. The van der Waals surface area contributed by atoms with Crippen molar-refractivity contribution in [2.45, 2.75) is 25.1 Å². The van der Waals surface area contributed by atoms with Crippen molar-refractivity contribution in [2.24, 2.45) is 0 Å². The third-order valence-corrected chi connectivity index (χ3v) is 4.12. The Balaban J connectivity index is 2.31. The lowest BCUT2D eigenvalue weighted by molar-refractivity contribution is 0.0921. The van der Waals surface area contributed by atoms with Crippen LogP contribution in [0.4, 0.5) is 5.95 Å². The highest BCUT2D eigenvalue weighted by Crippen LogP contribution is 2.20. The molecule has 0 N–H and O–H groups in total. The van der Waals surface area contributed by atoms with Crippen molar-refractivity contribution in [1.82, 2.24) is 9.97 Å². The zero-order valence-corrected chi connectivity index (χ0v) is 13.1. The van der Waals surface area contributed by atoms with Gasteiger partial charge in [-0.15, -0.1) is 0 Å². The van der Waals surface area contributed by atoms with Crippen LogP contribution < -0.4 is 4.90 Å². The number of ether oxygens (including phenoxy) is 1. The van der Waals surface area contributed by atoms with Gasteiger partial charge in [0.15, 0.2) is 9.84 Å². The van der Waals surface area contributed by atoms with Crippen LogP contribution in [0.25, 0.3) is 0 Å². The molecule has 0 aromatic carbocycles.